The second kappa shape index (κ2) is 11.1. The van der Waals surface area contributed by atoms with Crippen molar-refractivity contribution in [1.82, 2.24) is 25.0 Å². The van der Waals surface area contributed by atoms with Crippen LogP contribution >= 0.6 is 0 Å². The van der Waals surface area contributed by atoms with Crippen LogP contribution in [-0.2, 0) is 10.0 Å². The lowest BCUT2D eigenvalue weighted by atomic mass is 9.98. The van der Waals surface area contributed by atoms with E-state index in [-0.39, 0.29) is 22.8 Å². The zero-order chi connectivity index (χ0) is 29.4. The van der Waals surface area contributed by atoms with E-state index >= 15 is 0 Å². The van der Waals surface area contributed by atoms with Gasteiger partial charge in [0.15, 0.2) is 0 Å². The van der Waals surface area contributed by atoms with Crippen LogP contribution in [0.25, 0.3) is 10.8 Å². The standard InChI is InChI=1S/C31H31N7O3S/c1-18(2)15-36-42(40,41)28-12-23-26(38-31(39)21-4-3-8-33-16-21)13-27(37-29-10-19(14-32)7-9-34-29)30(23)24-17-35-25(11-22(24)28)20-5-6-20/h3-4,7-12,16-18,20,26-27,36H,5-6,13,15H2,1-2H3,(H,34,37)(H,38,39)/t26-,27-/m0/s1. The van der Waals surface area contributed by atoms with Crippen LogP contribution in [0.2, 0.25) is 0 Å². The van der Waals surface area contributed by atoms with E-state index in [4.69, 9.17) is 4.98 Å². The number of hydrogen-bond donors (Lipinski definition) is 3. The summed E-state index contributed by atoms with van der Waals surface area (Å²) in [5, 5.41) is 17.2. The van der Waals surface area contributed by atoms with Gasteiger partial charge in [-0.1, -0.05) is 13.8 Å². The second-order valence-corrected chi connectivity index (χ2v) is 13.0. The lowest BCUT2D eigenvalue weighted by Gasteiger charge is -2.19. The zero-order valence-corrected chi connectivity index (χ0v) is 24.1. The fourth-order valence-corrected chi connectivity index (χ4v) is 6.89. The number of anilines is 1. The Morgan fingerprint density at radius 3 is 2.62 bits per heavy atom. The molecule has 2 aliphatic carbocycles. The number of fused-ring (bicyclic) bond motifs is 3. The third-order valence-electron chi connectivity index (χ3n) is 7.68. The van der Waals surface area contributed by atoms with Crippen molar-refractivity contribution in [2.75, 3.05) is 11.9 Å². The highest BCUT2D eigenvalue weighted by Gasteiger charge is 2.37. The van der Waals surface area contributed by atoms with Crippen molar-refractivity contribution < 1.29 is 13.2 Å². The third kappa shape index (κ3) is 5.55. The SMILES string of the molecule is CC(C)CNS(=O)(=O)c1cc2c(c3cnc(C4CC4)cc13)[C@@H](Nc1cc(C#N)ccn1)C[C@@H]2NC(=O)c1cccnc1. The minimum Gasteiger partial charge on any atom is -0.363 e. The number of nitriles is 1. The third-order valence-corrected chi connectivity index (χ3v) is 9.14. The van der Waals surface area contributed by atoms with Gasteiger partial charge in [-0.2, -0.15) is 5.26 Å². The normalized spacial score (nSPS) is 18.0. The van der Waals surface area contributed by atoms with Crippen LogP contribution in [0.4, 0.5) is 5.82 Å². The monoisotopic (exact) mass is 581 g/mol. The number of rotatable bonds is 9. The van der Waals surface area contributed by atoms with Crippen LogP contribution in [0.1, 0.15) is 83.9 Å². The Bertz CT molecular complexity index is 1820. The van der Waals surface area contributed by atoms with Gasteiger partial charge in [-0.15, -0.1) is 0 Å². The first kappa shape index (κ1) is 27.8. The number of nitrogens with zero attached hydrogens (tertiary/aromatic N) is 4. The molecule has 1 amide bonds. The molecule has 1 saturated carbocycles. The summed E-state index contributed by atoms with van der Waals surface area (Å²) in [4.78, 5) is 26.6. The summed E-state index contributed by atoms with van der Waals surface area (Å²) in [5.74, 6) is 0.658. The van der Waals surface area contributed by atoms with Gasteiger partial charge in [-0.25, -0.2) is 18.1 Å². The zero-order valence-electron chi connectivity index (χ0n) is 23.3. The largest absolute Gasteiger partial charge is 0.363 e. The van der Waals surface area contributed by atoms with Crippen molar-refractivity contribution in [1.29, 1.82) is 5.26 Å². The number of benzene rings is 1. The summed E-state index contributed by atoms with van der Waals surface area (Å²) in [5.41, 5.74) is 3.30. The smallest absolute Gasteiger partial charge is 0.253 e. The van der Waals surface area contributed by atoms with Gasteiger partial charge in [0, 0.05) is 53.7 Å². The summed E-state index contributed by atoms with van der Waals surface area (Å²) in [7, 11) is -3.88. The summed E-state index contributed by atoms with van der Waals surface area (Å²) in [6.45, 7) is 4.20. The molecule has 1 fully saturated rings. The quantitative estimate of drug-likeness (QED) is 0.257. The molecule has 3 aromatic heterocycles. The molecule has 0 aliphatic heterocycles. The number of carbonyl (C=O) groups is 1. The number of sulfonamides is 1. The number of amides is 1. The number of nitrogens with one attached hydrogen (secondary N) is 3. The fraction of sp³-hybridized carbons (Fsp3) is 0.323. The average Bonchev–Trinajstić information content (AvgIpc) is 3.79. The fourth-order valence-electron chi connectivity index (χ4n) is 5.44. The first-order chi connectivity index (χ1) is 20.2. The molecule has 0 saturated heterocycles. The Morgan fingerprint density at radius 1 is 1.07 bits per heavy atom. The molecule has 0 unspecified atom stereocenters. The van der Waals surface area contributed by atoms with Crippen LogP contribution in [0.3, 0.4) is 0 Å². The van der Waals surface area contributed by atoms with Crippen LogP contribution < -0.4 is 15.4 Å². The van der Waals surface area contributed by atoms with Crippen LogP contribution in [-0.4, -0.2) is 35.8 Å². The Hall–Kier alpha value is -4.40. The van der Waals surface area contributed by atoms with Gasteiger partial charge in [0.2, 0.25) is 10.0 Å². The molecular weight excluding hydrogens is 550 g/mol. The lowest BCUT2D eigenvalue weighted by Crippen LogP contribution is -2.29. The maximum absolute atomic E-state index is 13.8. The molecule has 6 rings (SSSR count). The van der Waals surface area contributed by atoms with Gasteiger partial charge in [0.25, 0.3) is 5.91 Å². The lowest BCUT2D eigenvalue weighted by molar-refractivity contribution is 0.0935. The Kier molecular flexibility index (Phi) is 7.35. The first-order valence-corrected chi connectivity index (χ1v) is 15.5. The summed E-state index contributed by atoms with van der Waals surface area (Å²) in [6.07, 6.45) is 8.92. The van der Waals surface area contributed by atoms with Gasteiger partial charge < -0.3 is 10.6 Å². The number of pyridine rings is 3. The number of aromatic nitrogens is 3. The maximum atomic E-state index is 13.8. The highest BCUT2D eigenvalue weighted by atomic mass is 32.2. The molecule has 3 heterocycles. The molecule has 42 heavy (non-hydrogen) atoms. The molecule has 10 nitrogen and oxygen atoms in total. The van der Waals surface area contributed by atoms with E-state index in [2.05, 4.69) is 31.4 Å². The minimum atomic E-state index is -3.88. The topological polar surface area (TPSA) is 150 Å². The van der Waals surface area contributed by atoms with Gasteiger partial charge in [0.05, 0.1) is 34.2 Å². The predicted molar refractivity (Wildman–Crippen MR) is 158 cm³/mol. The van der Waals surface area contributed by atoms with Crippen molar-refractivity contribution in [3.05, 3.63) is 89.1 Å². The Morgan fingerprint density at radius 2 is 1.90 bits per heavy atom. The Balaban J connectivity index is 1.50. The van der Waals surface area contributed by atoms with E-state index in [0.29, 0.717) is 52.2 Å². The molecule has 214 valence electrons. The van der Waals surface area contributed by atoms with Gasteiger partial charge in [-0.05, 0) is 72.7 Å². The van der Waals surface area contributed by atoms with Crippen LogP contribution in [0, 0.1) is 17.2 Å². The molecule has 11 heteroatoms. The number of hydrogen-bond acceptors (Lipinski definition) is 8. The molecule has 2 aliphatic rings. The van der Waals surface area contributed by atoms with Crippen molar-refractivity contribution in [2.45, 2.75) is 56.0 Å². The average molecular weight is 582 g/mol. The first-order valence-electron chi connectivity index (χ1n) is 14.0. The van der Waals surface area contributed by atoms with E-state index in [1.807, 2.05) is 19.9 Å². The van der Waals surface area contributed by atoms with E-state index in [0.717, 1.165) is 24.1 Å². The summed E-state index contributed by atoms with van der Waals surface area (Å²) in [6, 6.07) is 11.6. The molecule has 2 atom stereocenters. The van der Waals surface area contributed by atoms with Crippen molar-refractivity contribution >= 4 is 32.5 Å². The summed E-state index contributed by atoms with van der Waals surface area (Å²) >= 11 is 0. The van der Waals surface area contributed by atoms with Crippen molar-refractivity contribution in [2.24, 2.45) is 5.92 Å². The predicted octanol–water partition coefficient (Wildman–Crippen LogP) is 4.74. The van der Waals surface area contributed by atoms with Crippen LogP contribution in [0.15, 0.2) is 66.1 Å². The van der Waals surface area contributed by atoms with Gasteiger partial charge in [-0.3, -0.25) is 14.8 Å². The Labute approximate surface area is 244 Å². The van der Waals surface area contributed by atoms with Crippen LogP contribution in [0.5, 0.6) is 0 Å². The summed E-state index contributed by atoms with van der Waals surface area (Å²) < 4.78 is 30.3. The van der Waals surface area contributed by atoms with Gasteiger partial charge in [0.1, 0.15) is 5.82 Å². The molecule has 0 radical (unpaired) electrons. The maximum Gasteiger partial charge on any atom is 0.253 e. The van der Waals surface area contributed by atoms with Crippen molar-refractivity contribution in [3.63, 3.8) is 0 Å². The molecular formula is C31H31N7O3S. The molecule has 4 aromatic rings. The molecule has 0 spiro atoms. The molecule has 0 bridgehead atoms. The number of carbonyl (C=O) groups excluding carboxylic acids is 1. The second-order valence-electron chi connectivity index (χ2n) is 11.3. The minimum absolute atomic E-state index is 0.126. The van der Waals surface area contributed by atoms with E-state index in [1.54, 1.807) is 48.9 Å². The molecule has 3 N–H and O–H groups in total. The highest BCUT2D eigenvalue weighted by Crippen LogP contribution is 2.47. The highest BCUT2D eigenvalue weighted by molar-refractivity contribution is 7.89. The van der Waals surface area contributed by atoms with E-state index in [9.17, 15) is 18.5 Å². The van der Waals surface area contributed by atoms with E-state index in [1.165, 1.54) is 6.20 Å². The molecule has 1 aromatic carbocycles. The van der Waals surface area contributed by atoms with Gasteiger partial charge >= 0.3 is 0 Å². The van der Waals surface area contributed by atoms with Crippen molar-refractivity contribution in [3.8, 4) is 6.07 Å². The van der Waals surface area contributed by atoms with E-state index < -0.39 is 16.1 Å².